The van der Waals surface area contributed by atoms with E-state index in [0.29, 0.717) is 31.2 Å². The number of benzene rings is 2. The smallest absolute Gasteiger partial charge is 0.328 e. The van der Waals surface area contributed by atoms with Crippen molar-refractivity contribution in [3.05, 3.63) is 93.1 Å². The summed E-state index contributed by atoms with van der Waals surface area (Å²) in [6.07, 6.45) is 2.18. The molecular weight excluding hydrogens is 502 g/mol. The van der Waals surface area contributed by atoms with Crippen LogP contribution < -0.4 is 11.0 Å². The third kappa shape index (κ3) is 4.55. The molecule has 0 aliphatic rings. The van der Waals surface area contributed by atoms with E-state index >= 15 is 0 Å². The summed E-state index contributed by atoms with van der Waals surface area (Å²) in [7, 11) is 0. The number of nitrogens with zero attached hydrogens (tertiary/aromatic N) is 3. The fourth-order valence-electron chi connectivity index (χ4n) is 3.70. The van der Waals surface area contributed by atoms with Gasteiger partial charge in [-0.1, -0.05) is 48.5 Å². The summed E-state index contributed by atoms with van der Waals surface area (Å²) in [5.41, 5.74) is 2.03. The van der Waals surface area contributed by atoms with Crippen molar-refractivity contribution >= 4 is 43.3 Å². The van der Waals surface area contributed by atoms with Crippen LogP contribution in [0.25, 0.3) is 20.7 Å². The van der Waals surface area contributed by atoms with E-state index in [1.807, 2.05) is 42.5 Å². The number of imidazole rings is 1. The van der Waals surface area contributed by atoms with Gasteiger partial charge in [0.15, 0.2) is 0 Å². The molecule has 0 atom stereocenters. The fourth-order valence-corrected chi connectivity index (χ4v) is 5.30. The second-order valence-corrected chi connectivity index (χ2v) is 9.44. The van der Waals surface area contributed by atoms with E-state index in [9.17, 15) is 9.90 Å². The maximum absolute atomic E-state index is 12.3. The number of anilines is 1. The first-order valence-electron chi connectivity index (χ1n) is 10.4. The molecule has 0 fully saturated rings. The van der Waals surface area contributed by atoms with E-state index in [1.165, 1.54) is 10.1 Å². The number of hydrogen-bond acceptors (Lipinski definition) is 6. The van der Waals surface area contributed by atoms with Crippen molar-refractivity contribution in [2.75, 3.05) is 11.9 Å². The number of thiophene rings is 1. The van der Waals surface area contributed by atoms with Gasteiger partial charge in [0.1, 0.15) is 5.69 Å². The average molecular weight is 522 g/mol. The molecule has 3 aromatic heterocycles. The Hall–Kier alpha value is -3.43. The highest BCUT2D eigenvalue weighted by Gasteiger charge is 2.15. The van der Waals surface area contributed by atoms with Crippen LogP contribution in [0.15, 0.2) is 76.1 Å². The number of aromatic nitrogens is 4. The van der Waals surface area contributed by atoms with Crippen molar-refractivity contribution < 1.29 is 5.11 Å². The highest BCUT2D eigenvalue weighted by molar-refractivity contribution is 9.10. The Morgan fingerprint density at radius 3 is 2.73 bits per heavy atom. The lowest BCUT2D eigenvalue weighted by Gasteiger charge is -2.10. The van der Waals surface area contributed by atoms with Gasteiger partial charge in [0.05, 0.1) is 15.0 Å². The molecule has 0 aliphatic carbocycles. The van der Waals surface area contributed by atoms with Gasteiger partial charge in [-0.25, -0.2) is 14.8 Å². The molecule has 0 amide bonds. The van der Waals surface area contributed by atoms with Crippen LogP contribution in [-0.2, 0) is 13.0 Å². The van der Waals surface area contributed by atoms with Crippen LogP contribution in [0.5, 0.6) is 5.88 Å². The van der Waals surface area contributed by atoms with Gasteiger partial charge in [-0.15, -0.1) is 11.3 Å². The standard InChI is InChI=1S/C24H20BrN5O2S/c25-17-14-27-23(28-21(17)20-13-16-8-4-5-9-19(16)33-20)26-10-11-30-18(22(31)29-24(30)32)12-15-6-2-1-3-7-15/h1-9,13-14,31H,10-12H2,(H,29,32)(H,26,27,28). The van der Waals surface area contributed by atoms with Gasteiger partial charge in [-0.3, -0.25) is 9.55 Å². The summed E-state index contributed by atoms with van der Waals surface area (Å²) < 4.78 is 3.56. The SMILES string of the molecule is O=c1[nH]c(O)c(Cc2ccccc2)n1CCNc1ncc(Br)c(-c2cc3ccccc3s2)n1. The van der Waals surface area contributed by atoms with Gasteiger partial charge < -0.3 is 10.4 Å². The second-order valence-electron chi connectivity index (χ2n) is 7.50. The molecular formula is C24H20BrN5O2S. The third-order valence-electron chi connectivity index (χ3n) is 5.31. The fraction of sp³-hybridized carbons (Fsp3) is 0.125. The monoisotopic (exact) mass is 521 g/mol. The Bertz CT molecular complexity index is 1440. The van der Waals surface area contributed by atoms with Crippen molar-refractivity contribution in [1.29, 1.82) is 0 Å². The lowest BCUT2D eigenvalue weighted by atomic mass is 10.1. The van der Waals surface area contributed by atoms with Crippen molar-refractivity contribution in [2.45, 2.75) is 13.0 Å². The first kappa shape index (κ1) is 21.4. The van der Waals surface area contributed by atoms with Crippen LogP contribution in [0.3, 0.4) is 0 Å². The predicted molar refractivity (Wildman–Crippen MR) is 135 cm³/mol. The maximum Gasteiger partial charge on any atom is 0.328 e. The summed E-state index contributed by atoms with van der Waals surface area (Å²) in [6.45, 7) is 0.780. The molecule has 0 spiro atoms. The summed E-state index contributed by atoms with van der Waals surface area (Å²) in [5.74, 6) is 0.374. The number of H-pyrrole nitrogens is 1. The number of nitrogens with one attached hydrogen (secondary N) is 2. The summed E-state index contributed by atoms with van der Waals surface area (Å²) >= 11 is 5.24. The van der Waals surface area contributed by atoms with Crippen LogP contribution in [0, 0.1) is 0 Å². The molecule has 5 aromatic rings. The zero-order valence-corrected chi connectivity index (χ0v) is 19.9. The Balaban J connectivity index is 1.33. The molecule has 3 N–H and O–H groups in total. The number of fused-ring (bicyclic) bond motifs is 1. The molecule has 9 heteroatoms. The van der Waals surface area contributed by atoms with Gasteiger partial charge in [0.2, 0.25) is 11.8 Å². The van der Waals surface area contributed by atoms with Gasteiger partial charge in [0, 0.05) is 30.4 Å². The largest absolute Gasteiger partial charge is 0.493 e. The highest BCUT2D eigenvalue weighted by atomic mass is 79.9. The minimum Gasteiger partial charge on any atom is -0.493 e. The Morgan fingerprint density at radius 2 is 1.91 bits per heavy atom. The van der Waals surface area contributed by atoms with Crippen LogP contribution in [0.1, 0.15) is 11.3 Å². The Labute approximate surface area is 201 Å². The van der Waals surface area contributed by atoms with Crippen molar-refractivity contribution in [1.82, 2.24) is 19.5 Å². The minimum atomic E-state index is -0.345. The van der Waals surface area contributed by atoms with Crippen LogP contribution in [0.2, 0.25) is 0 Å². The van der Waals surface area contributed by atoms with Gasteiger partial charge in [0.25, 0.3) is 0 Å². The third-order valence-corrected chi connectivity index (χ3v) is 7.01. The zero-order valence-electron chi connectivity index (χ0n) is 17.5. The molecule has 166 valence electrons. The molecule has 0 aliphatic heterocycles. The predicted octanol–water partition coefficient (Wildman–Crippen LogP) is 5.02. The summed E-state index contributed by atoms with van der Waals surface area (Å²) in [4.78, 5) is 24.9. The van der Waals surface area contributed by atoms with Crippen molar-refractivity contribution in [2.24, 2.45) is 0 Å². The number of hydrogen-bond donors (Lipinski definition) is 3. The first-order chi connectivity index (χ1) is 16.1. The second kappa shape index (κ2) is 9.21. The molecule has 0 radical (unpaired) electrons. The average Bonchev–Trinajstić information content (AvgIpc) is 3.36. The normalized spacial score (nSPS) is 11.2. The van der Waals surface area contributed by atoms with E-state index in [-0.39, 0.29) is 11.6 Å². The molecule has 33 heavy (non-hydrogen) atoms. The van der Waals surface area contributed by atoms with Gasteiger partial charge >= 0.3 is 5.69 Å². The molecule has 0 saturated carbocycles. The van der Waals surface area contributed by atoms with E-state index in [2.05, 4.69) is 54.4 Å². The van der Waals surface area contributed by atoms with Gasteiger partial charge in [-0.05, 0) is 39.0 Å². The lowest BCUT2D eigenvalue weighted by Crippen LogP contribution is -2.23. The molecule has 0 saturated heterocycles. The lowest BCUT2D eigenvalue weighted by molar-refractivity contribution is 0.448. The van der Waals surface area contributed by atoms with E-state index in [4.69, 9.17) is 0 Å². The van der Waals surface area contributed by atoms with Crippen molar-refractivity contribution in [3.8, 4) is 16.5 Å². The number of aromatic hydroxyl groups is 1. The van der Waals surface area contributed by atoms with Crippen molar-refractivity contribution in [3.63, 3.8) is 0 Å². The number of rotatable bonds is 7. The topological polar surface area (TPSA) is 95.8 Å². The quantitative estimate of drug-likeness (QED) is 0.279. The molecule has 7 nitrogen and oxygen atoms in total. The maximum atomic E-state index is 12.3. The van der Waals surface area contributed by atoms with Gasteiger partial charge in [-0.2, -0.15) is 0 Å². The zero-order chi connectivity index (χ0) is 22.8. The highest BCUT2D eigenvalue weighted by Crippen LogP contribution is 2.36. The van der Waals surface area contributed by atoms with Crippen LogP contribution in [0.4, 0.5) is 5.95 Å². The van der Waals surface area contributed by atoms with E-state index < -0.39 is 0 Å². The first-order valence-corrected chi connectivity index (χ1v) is 12.0. The summed E-state index contributed by atoms with van der Waals surface area (Å²) in [5, 5.41) is 14.6. The van der Waals surface area contributed by atoms with Crippen LogP contribution >= 0.6 is 27.3 Å². The molecule has 5 rings (SSSR count). The molecule has 0 unspecified atom stereocenters. The molecule has 3 heterocycles. The number of aromatic amines is 1. The van der Waals surface area contributed by atoms with E-state index in [0.717, 1.165) is 20.6 Å². The van der Waals surface area contributed by atoms with Crippen LogP contribution in [-0.4, -0.2) is 31.2 Å². The Morgan fingerprint density at radius 1 is 1.12 bits per heavy atom. The summed E-state index contributed by atoms with van der Waals surface area (Å²) in [6, 6.07) is 20.1. The minimum absolute atomic E-state index is 0.101. The number of halogens is 1. The van der Waals surface area contributed by atoms with E-state index in [1.54, 1.807) is 22.1 Å². The molecule has 2 aromatic carbocycles. The Kier molecular flexibility index (Phi) is 5.97. The molecule has 0 bridgehead atoms.